The maximum absolute atomic E-state index is 4.52. The van der Waals surface area contributed by atoms with E-state index in [9.17, 15) is 0 Å². The molecule has 1 saturated carbocycles. The molecule has 1 aromatic carbocycles. The molecule has 1 fully saturated rings. The van der Waals surface area contributed by atoms with Crippen LogP contribution < -0.4 is 5.32 Å². The van der Waals surface area contributed by atoms with Gasteiger partial charge in [-0.3, -0.25) is 0 Å². The number of hydrogen-bond donors (Lipinski definition) is 1. The van der Waals surface area contributed by atoms with Gasteiger partial charge in [-0.1, -0.05) is 47.3 Å². The quantitative estimate of drug-likeness (QED) is 0.843. The van der Waals surface area contributed by atoms with E-state index in [-0.39, 0.29) is 6.04 Å². The second-order valence-electron chi connectivity index (χ2n) is 5.87. The summed E-state index contributed by atoms with van der Waals surface area (Å²) >= 11 is 3.55. The van der Waals surface area contributed by atoms with E-state index in [1.165, 1.54) is 37.7 Å². The highest BCUT2D eigenvalue weighted by Gasteiger charge is 2.17. The number of hydrogen-bond acceptors (Lipinski definition) is 2. The molecule has 3 nitrogen and oxygen atoms in total. The van der Waals surface area contributed by atoms with Crippen molar-refractivity contribution in [1.82, 2.24) is 9.55 Å². The summed E-state index contributed by atoms with van der Waals surface area (Å²) in [5.74, 6) is 0.995. The molecule has 1 heterocycles. The maximum atomic E-state index is 4.52. The maximum Gasteiger partial charge on any atom is 0.203 e. The molecular formula is C17H22BrN3. The highest BCUT2D eigenvalue weighted by Crippen LogP contribution is 2.26. The Balaban J connectivity index is 1.77. The zero-order valence-electron chi connectivity index (χ0n) is 12.4. The molecular weight excluding hydrogens is 326 g/mol. The molecule has 21 heavy (non-hydrogen) atoms. The van der Waals surface area contributed by atoms with E-state index in [1.807, 2.05) is 6.20 Å². The van der Waals surface area contributed by atoms with Crippen molar-refractivity contribution < 1.29 is 0 Å². The molecule has 112 valence electrons. The number of halogens is 1. The van der Waals surface area contributed by atoms with Crippen molar-refractivity contribution in [2.24, 2.45) is 0 Å². The van der Waals surface area contributed by atoms with Gasteiger partial charge in [0, 0.05) is 22.9 Å². The van der Waals surface area contributed by atoms with Crippen LogP contribution in [0.25, 0.3) is 0 Å². The van der Waals surface area contributed by atoms with Crippen molar-refractivity contribution in [2.45, 2.75) is 51.1 Å². The first-order valence-corrected chi connectivity index (χ1v) is 8.58. The lowest BCUT2D eigenvalue weighted by Gasteiger charge is -2.25. The van der Waals surface area contributed by atoms with Crippen molar-refractivity contribution in [3.05, 3.63) is 46.7 Å². The van der Waals surface area contributed by atoms with Crippen LogP contribution in [0.1, 0.15) is 50.6 Å². The average Bonchev–Trinajstić information content (AvgIpc) is 2.95. The van der Waals surface area contributed by atoms with Gasteiger partial charge in [0.15, 0.2) is 0 Å². The lowest BCUT2D eigenvalue weighted by atomic mass is 9.96. The fraction of sp³-hybridized carbons (Fsp3) is 0.471. The predicted octanol–water partition coefficient (Wildman–Crippen LogP) is 5.00. The summed E-state index contributed by atoms with van der Waals surface area (Å²) in [5.41, 5.74) is 1.29. The molecule has 1 aromatic heterocycles. The SMILES string of the molecule is CC(c1cccc(Br)c1)n1ccnc1NC1CCCCC1. The lowest BCUT2D eigenvalue weighted by Crippen LogP contribution is -2.25. The van der Waals surface area contributed by atoms with Gasteiger partial charge in [-0.25, -0.2) is 4.98 Å². The van der Waals surface area contributed by atoms with Gasteiger partial charge in [-0.15, -0.1) is 0 Å². The molecule has 1 unspecified atom stereocenters. The summed E-state index contributed by atoms with van der Waals surface area (Å²) in [6.45, 7) is 2.22. The number of benzene rings is 1. The number of imidazole rings is 1. The normalized spacial score (nSPS) is 17.6. The number of nitrogens with zero attached hydrogens (tertiary/aromatic N) is 2. The number of rotatable bonds is 4. The van der Waals surface area contributed by atoms with Crippen molar-refractivity contribution in [3.63, 3.8) is 0 Å². The van der Waals surface area contributed by atoms with E-state index in [2.05, 4.69) is 68.2 Å². The van der Waals surface area contributed by atoms with E-state index >= 15 is 0 Å². The van der Waals surface area contributed by atoms with Crippen LogP contribution in [0.2, 0.25) is 0 Å². The largest absolute Gasteiger partial charge is 0.353 e. The highest BCUT2D eigenvalue weighted by atomic mass is 79.9. The molecule has 0 bridgehead atoms. The topological polar surface area (TPSA) is 29.9 Å². The Morgan fingerprint density at radius 2 is 2.10 bits per heavy atom. The van der Waals surface area contributed by atoms with Crippen LogP contribution in [0.15, 0.2) is 41.1 Å². The van der Waals surface area contributed by atoms with Crippen LogP contribution in [0.3, 0.4) is 0 Å². The Labute approximate surface area is 134 Å². The second-order valence-corrected chi connectivity index (χ2v) is 6.78. The van der Waals surface area contributed by atoms with E-state index in [0.29, 0.717) is 6.04 Å². The van der Waals surface area contributed by atoms with Crippen LogP contribution in [-0.4, -0.2) is 15.6 Å². The Hall–Kier alpha value is -1.29. The van der Waals surface area contributed by atoms with Gasteiger partial charge in [0.1, 0.15) is 0 Å². The van der Waals surface area contributed by atoms with Gasteiger partial charge in [0.2, 0.25) is 5.95 Å². The molecule has 1 aliphatic carbocycles. The first-order valence-electron chi connectivity index (χ1n) is 7.79. The molecule has 0 amide bonds. The van der Waals surface area contributed by atoms with Gasteiger partial charge in [-0.05, 0) is 37.5 Å². The van der Waals surface area contributed by atoms with E-state index in [1.54, 1.807) is 0 Å². The Morgan fingerprint density at radius 1 is 1.29 bits per heavy atom. The number of anilines is 1. The second kappa shape index (κ2) is 6.65. The molecule has 0 aliphatic heterocycles. The summed E-state index contributed by atoms with van der Waals surface area (Å²) in [7, 11) is 0. The Morgan fingerprint density at radius 3 is 2.86 bits per heavy atom. The fourth-order valence-corrected chi connectivity index (χ4v) is 3.51. The van der Waals surface area contributed by atoms with Gasteiger partial charge < -0.3 is 9.88 Å². The highest BCUT2D eigenvalue weighted by molar-refractivity contribution is 9.10. The molecule has 3 rings (SSSR count). The molecule has 2 aromatic rings. The van der Waals surface area contributed by atoms with E-state index < -0.39 is 0 Å². The zero-order valence-corrected chi connectivity index (χ0v) is 14.0. The first kappa shape index (κ1) is 14.6. The summed E-state index contributed by atoms with van der Waals surface area (Å²) < 4.78 is 3.35. The third-order valence-electron chi connectivity index (χ3n) is 4.36. The van der Waals surface area contributed by atoms with E-state index in [0.717, 1.165) is 10.4 Å². The van der Waals surface area contributed by atoms with Gasteiger partial charge in [-0.2, -0.15) is 0 Å². The van der Waals surface area contributed by atoms with Crippen molar-refractivity contribution in [1.29, 1.82) is 0 Å². The molecule has 1 aliphatic rings. The molecule has 0 spiro atoms. The van der Waals surface area contributed by atoms with Crippen LogP contribution in [0.5, 0.6) is 0 Å². The standard InChI is InChI=1S/C17H22BrN3/c1-13(14-6-5-7-15(18)12-14)21-11-10-19-17(21)20-16-8-3-2-4-9-16/h5-7,10-13,16H,2-4,8-9H2,1H3,(H,19,20). The third-order valence-corrected chi connectivity index (χ3v) is 4.85. The van der Waals surface area contributed by atoms with Gasteiger partial charge in [0.05, 0.1) is 6.04 Å². The Bertz CT molecular complexity index is 587. The first-order chi connectivity index (χ1) is 10.2. The van der Waals surface area contributed by atoms with Crippen molar-refractivity contribution in [2.75, 3.05) is 5.32 Å². The van der Waals surface area contributed by atoms with E-state index in [4.69, 9.17) is 0 Å². The van der Waals surface area contributed by atoms with Gasteiger partial charge >= 0.3 is 0 Å². The zero-order chi connectivity index (χ0) is 14.7. The summed E-state index contributed by atoms with van der Waals surface area (Å²) in [6, 6.07) is 9.34. The Kier molecular flexibility index (Phi) is 4.63. The lowest BCUT2D eigenvalue weighted by molar-refractivity contribution is 0.458. The minimum Gasteiger partial charge on any atom is -0.353 e. The minimum atomic E-state index is 0.274. The number of nitrogens with one attached hydrogen (secondary N) is 1. The van der Waals surface area contributed by atoms with Gasteiger partial charge in [0.25, 0.3) is 0 Å². The fourth-order valence-electron chi connectivity index (χ4n) is 3.09. The van der Waals surface area contributed by atoms with Crippen LogP contribution >= 0.6 is 15.9 Å². The third kappa shape index (κ3) is 3.49. The number of aromatic nitrogens is 2. The molecule has 1 atom stereocenters. The van der Waals surface area contributed by atoms with Crippen LogP contribution in [0.4, 0.5) is 5.95 Å². The van der Waals surface area contributed by atoms with Crippen LogP contribution in [0, 0.1) is 0 Å². The summed E-state index contributed by atoms with van der Waals surface area (Å²) in [5, 5.41) is 3.63. The predicted molar refractivity (Wildman–Crippen MR) is 90.7 cm³/mol. The van der Waals surface area contributed by atoms with Crippen molar-refractivity contribution >= 4 is 21.9 Å². The van der Waals surface area contributed by atoms with Crippen molar-refractivity contribution in [3.8, 4) is 0 Å². The molecule has 0 radical (unpaired) electrons. The molecule has 0 saturated heterocycles. The summed E-state index contributed by atoms with van der Waals surface area (Å²) in [4.78, 5) is 4.52. The summed E-state index contributed by atoms with van der Waals surface area (Å²) in [6.07, 6.45) is 10.5. The smallest absolute Gasteiger partial charge is 0.203 e. The minimum absolute atomic E-state index is 0.274. The molecule has 1 N–H and O–H groups in total. The average molecular weight is 348 g/mol. The van der Waals surface area contributed by atoms with Crippen LogP contribution in [-0.2, 0) is 0 Å². The monoisotopic (exact) mass is 347 g/mol. The molecule has 4 heteroatoms.